The van der Waals surface area contributed by atoms with Crippen LogP contribution in [0.15, 0.2) is 36.7 Å². The molecule has 2 amide bonds. The average molecular weight is 342 g/mol. The van der Waals surface area contributed by atoms with Gasteiger partial charge in [-0.3, -0.25) is 5.10 Å². The maximum atomic E-state index is 12.7. The summed E-state index contributed by atoms with van der Waals surface area (Å²) < 4.78 is 5.71. The minimum atomic E-state index is -0.0268. The summed E-state index contributed by atoms with van der Waals surface area (Å²) in [5, 5.41) is 9.91. The second-order valence-electron chi connectivity index (χ2n) is 6.71. The molecule has 0 saturated carbocycles. The molecule has 1 aliphatic heterocycles. The van der Waals surface area contributed by atoms with Crippen LogP contribution in [-0.4, -0.2) is 33.8 Å². The van der Waals surface area contributed by atoms with Crippen LogP contribution >= 0.6 is 0 Å². The average Bonchev–Trinajstić information content (AvgIpc) is 3.14. The first kappa shape index (κ1) is 17.3. The summed E-state index contributed by atoms with van der Waals surface area (Å²) in [7, 11) is 0. The van der Waals surface area contributed by atoms with Crippen molar-refractivity contribution in [3.8, 4) is 5.75 Å². The lowest BCUT2D eigenvalue weighted by molar-refractivity contribution is 0.151. The van der Waals surface area contributed by atoms with Crippen molar-refractivity contribution in [3.05, 3.63) is 47.8 Å². The standard InChI is InChI=1S/C19H26N4O2/c1-14(2)25-17-7-5-6-15(10-17)11-20-19(24)23-9-4-3-8-18(23)16-12-21-22-13-16/h5-7,10,12-14,18H,3-4,8-9,11H2,1-2H3,(H,20,24)(H,21,22)/t18-/m0/s1. The number of amides is 2. The summed E-state index contributed by atoms with van der Waals surface area (Å²) in [6.45, 7) is 5.27. The fourth-order valence-corrected chi connectivity index (χ4v) is 3.24. The fraction of sp³-hybridized carbons (Fsp3) is 0.474. The number of rotatable bonds is 5. The Kier molecular flexibility index (Phi) is 5.58. The van der Waals surface area contributed by atoms with E-state index in [1.54, 1.807) is 0 Å². The number of carbonyl (C=O) groups is 1. The van der Waals surface area contributed by atoms with E-state index in [-0.39, 0.29) is 18.2 Å². The van der Waals surface area contributed by atoms with Gasteiger partial charge in [0.1, 0.15) is 5.75 Å². The zero-order valence-corrected chi connectivity index (χ0v) is 14.9. The Morgan fingerprint density at radius 3 is 3.08 bits per heavy atom. The van der Waals surface area contributed by atoms with Gasteiger partial charge in [-0.25, -0.2) is 4.79 Å². The van der Waals surface area contributed by atoms with Crippen molar-refractivity contribution in [2.24, 2.45) is 0 Å². The molecule has 1 atom stereocenters. The molecule has 3 rings (SSSR count). The number of aromatic amines is 1. The molecule has 1 saturated heterocycles. The van der Waals surface area contributed by atoms with Crippen molar-refractivity contribution in [2.45, 2.75) is 51.8 Å². The first-order valence-corrected chi connectivity index (χ1v) is 8.92. The van der Waals surface area contributed by atoms with Crippen LogP contribution in [0.3, 0.4) is 0 Å². The third-order valence-corrected chi connectivity index (χ3v) is 4.38. The van der Waals surface area contributed by atoms with Crippen molar-refractivity contribution in [1.29, 1.82) is 0 Å². The molecule has 2 aromatic rings. The molecule has 2 heterocycles. The Bertz CT molecular complexity index is 684. The maximum Gasteiger partial charge on any atom is 0.318 e. The highest BCUT2D eigenvalue weighted by atomic mass is 16.5. The van der Waals surface area contributed by atoms with Gasteiger partial charge in [0.05, 0.1) is 18.3 Å². The van der Waals surface area contributed by atoms with Gasteiger partial charge in [0.15, 0.2) is 0 Å². The third kappa shape index (κ3) is 4.53. The van der Waals surface area contributed by atoms with E-state index < -0.39 is 0 Å². The Hall–Kier alpha value is -2.50. The largest absolute Gasteiger partial charge is 0.491 e. The van der Waals surface area contributed by atoms with Crippen LogP contribution in [-0.2, 0) is 6.54 Å². The van der Waals surface area contributed by atoms with Gasteiger partial charge in [0.25, 0.3) is 0 Å². The zero-order chi connectivity index (χ0) is 17.6. The summed E-state index contributed by atoms with van der Waals surface area (Å²) >= 11 is 0. The molecule has 0 bridgehead atoms. The third-order valence-electron chi connectivity index (χ3n) is 4.38. The predicted molar refractivity (Wildman–Crippen MR) is 96.3 cm³/mol. The molecule has 0 aliphatic carbocycles. The molecule has 1 aromatic carbocycles. The van der Waals surface area contributed by atoms with Gasteiger partial charge >= 0.3 is 6.03 Å². The molecule has 25 heavy (non-hydrogen) atoms. The van der Waals surface area contributed by atoms with Gasteiger partial charge in [-0.15, -0.1) is 0 Å². The number of aromatic nitrogens is 2. The quantitative estimate of drug-likeness (QED) is 0.871. The smallest absolute Gasteiger partial charge is 0.318 e. The van der Waals surface area contributed by atoms with Crippen molar-refractivity contribution < 1.29 is 9.53 Å². The summed E-state index contributed by atoms with van der Waals surface area (Å²) in [4.78, 5) is 14.6. The number of benzene rings is 1. The number of hydrogen-bond acceptors (Lipinski definition) is 3. The van der Waals surface area contributed by atoms with Crippen LogP contribution in [0.25, 0.3) is 0 Å². The second kappa shape index (κ2) is 8.05. The van der Waals surface area contributed by atoms with Crippen molar-refractivity contribution in [1.82, 2.24) is 20.4 Å². The van der Waals surface area contributed by atoms with E-state index in [1.807, 2.05) is 55.4 Å². The Labute approximate surface area is 148 Å². The van der Waals surface area contributed by atoms with Gasteiger partial charge < -0.3 is 15.0 Å². The van der Waals surface area contributed by atoms with Gasteiger partial charge in [-0.05, 0) is 50.8 Å². The number of piperidine rings is 1. The molecule has 0 unspecified atom stereocenters. The van der Waals surface area contributed by atoms with E-state index in [2.05, 4.69) is 15.5 Å². The van der Waals surface area contributed by atoms with E-state index in [0.717, 1.165) is 42.7 Å². The minimum absolute atomic E-state index is 0.0268. The summed E-state index contributed by atoms with van der Waals surface area (Å²) in [5.41, 5.74) is 2.10. The topological polar surface area (TPSA) is 70.2 Å². The van der Waals surface area contributed by atoms with E-state index in [1.165, 1.54) is 0 Å². The predicted octanol–water partition coefficient (Wildman–Crippen LogP) is 3.63. The van der Waals surface area contributed by atoms with Crippen LogP contribution in [0.5, 0.6) is 5.75 Å². The zero-order valence-electron chi connectivity index (χ0n) is 14.9. The van der Waals surface area contributed by atoms with Crippen LogP contribution in [0, 0.1) is 0 Å². The fourth-order valence-electron chi connectivity index (χ4n) is 3.24. The lowest BCUT2D eigenvalue weighted by Crippen LogP contribution is -2.44. The number of nitrogens with zero attached hydrogens (tertiary/aromatic N) is 2. The van der Waals surface area contributed by atoms with Crippen LogP contribution in [0.2, 0.25) is 0 Å². The first-order chi connectivity index (χ1) is 12.1. The van der Waals surface area contributed by atoms with E-state index in [9.17, 15) is 4.79 Å². The van der Waals surface area contributed by atoms with Crippen LogP contribution in [0.4, 0.5) is 4.79 Å². The number of H-pyrrole nitrogens is 1. The van der Waals surface area contributed by atoms with Crippen molar-refractivity contribution in [3.63, 3.8) is 0 Å². The molecule has 1 aromatic heterocycles. The Morgan fingerprint density at radius 1 is 1.44 bits per heavy atom. The molecule has 0 radical (unpaired) electrons. The number of likely N-dealkylation sites (tertiary alicyclic amines) is 1. The Balaban J connectivity index is 1.61. The molecule has 1 fully saturated rings. The second-order valence-corrected chi connectivity index (χ2v) is 6.71. The molecule has 2 N–H and O–H groups in total. The molecule has 6 heteroatoms. The summed E-state index contributed by atoms with van der Waals surface area (Å²) in [5.74, 6) is 0.830. The number of nitrogens with one attached hydrogen (secondary N) is 2. The van der Waals surface area contributed by atoms with E-state index in [0.29, 0.717) is 6.54 Å². The van der Waals surface area contributed by atoms with Gasteiger partial charge in [0.2, 0.25) is 0 Å². The molecule has 134 valence electrons. The molecule has 6 nitrogen and oxygen atoms in total. The first-order valence-electron chi connectivity index (χ1n) is 8.92. The maximum absolute atomic E-state index is 12.7. The number of hydrogen-bond donors (Lipinski definition) is 2. The van der Waals surface area contributed by atoms with Crippen molar-refractivity contribution in [2.75, 3.05) is 6.54 Å². The summed E-state index contributed by atoms with van der Waals surface area (Å²) in [6.07, 6.45) is 6.97. The summed E-state index contributed by atoms with van der Waals surface area (Å²) in [6, 6.07) is 7.93. The van der Waals surface area contributed by atoms with E-state index in [4.69, 9.17) is 4.74 Å². The highest BCUT2D eigenvalue weighted by Crippen LogP contribution is 2.30. The lowest BCUT2D eigenvalue weighted by Gasteiger charge is -2.35. The number of urea groups is 1. The van der Waals surface area contributed by atoms with Crippen LogP contribution in [0.1, 0.15) is 50.3 Å². The van der Waals surface area contributed by atoms with Gasteiger partial charge in [-0.2, -0.15) is 5.10 Å². The van der Waals surface area contributed by atoms with Crippen molar-refractivity contribution >= 4 is 6.03 Å². The molecular formula is C19H26N4O2. The SMILES string of the molecule is CC(C)Oc1cccc(CNC(=O)N2CCCC[C@H]2c2cn[nH]c2)c1. The number of ether oxygens (including phenoxy) is 1. The normalized spacial score (nSPS) is 17.6. The number of carbonyl (C=O) groups excluding carboxylic acids is 1. The molecular weight excluding hydrogens is 316 g/mol. The molecule has 1 aliphatic rings. The molecule has 0 spiro atoms. The van der Waals surface area contributed by atoms with Gasteiger partial charge in [0, 0.05) is 24.8 Å². The monoisotopic (exact) mass is 342 g/mol. The highest BCUT2D eigenvalue weighted by molar-refractivity contribution is 5.74. The Morgan fingerprint density at radius 2 is 2.32 bits per heavy atom. The van der Waals surface area contributed by atoms with E-state index >= 15 is 0 Å². The minimum Gasteiger partial charge on any atom is -0.491 e. The highest BCUT2D eigenvalue weighted by Gasteiger charge is 2.28. The van der Waals surface area contributed by atoms with Crippen LogP contribution < -0.4 is 10.1 Å². The lowest BCUT2D eigenvalue weighted by atomic mass is 9.98. The van der Waals surface area contributed by atoms with Gasteiger partial charge in [-0.1, -0.05) is 12.1 Å².